The number of nitrogens with zero attached hydrogens (tertiary/aromatic N) is 3. The van der Waals surface area contributed by atoms with E-state index in [0.29, 0.717) is 5.03 Å². The van der Waals surface area contributed by atoms with E-state index in [1.54, 1.807) is 16.9 Å². The molecule has 0 unspecified atom stereocenters. The van der Waals surface area contributed by atoms with Crippen LogP contribution in [-0.2, 0) is 4.79 Å². The van der Waals surface area contributed by atoms with Crippen molar-refractivity contribution in [2.45, 2.75) is 5.03 Å². The smallest absolute Gasteiger partial charge is 0.234 e. The third-order valence-corrected chi connectivity index (χ3v) is 5.96. The Kier molecular flexibility index (Phi) is 5.28. The van der Waals surface area contributed by atoms with E-state index >= 15 is 0 Å². The molecule has 8 heteroatoms. The van der Waals surface area contributed by atoms with Crippen molar-refractivity contribution in [2.75, 3.05) is 11.1 Å². The van der Waals surface area contributed by atoms with Crippen LogP contribution in [0.5, 0.6) is 0 Å². The zero-order valence-corrected chi connectivity index (χ0v) is 17.4. The number of hydrogen-bond donors (Lipinski definition) is 1. The van der Waals surface area contributed by atoms with Gasteiger partial charge in [0.1, 0.15) is 16.7 Å². The number of amides is 1. The number of fused-ring (bicyclic) bond motifs is 2. The first-order valence-corrected chi connectivity index (χ1v) is 10.8. The molecule has 0 spiro atoms. The predicted octanol–water partition coefficient (Wildman–Crippen LogP) is 5.56. The summed E-state index contributed by atoms with van der Waals surface area (Å²) < 4.78 is 28.5. The van der Waals surface area contributed by atoms with Gasteiger partial charge >= 0.3 is 0 Å². The number of anilines is 1. The monoisotopic (exact) mass is 446 g/mol. The van der Waals surface area contributed by atoms with Gasteiger partial charge < -0.3 is 5.32 Å². The number of thioether (sulfide) groups is 1. The van der Waals surface area contributed by atoms with Crippen molar-refractivity contribution < 1.29 is 13.6 Å². The molecule has 5 rings (SSSR count). The zero-order valence-electron chi connectivity index (χ0n) is 16.6. The lowest BCUT2D eigenvalue weighted by atomic mass is 10.0. The van der Waals surface area contributed by atoms with Crippen molar-refractivity contribution in [2.24, 2.45) is 0 Å². The highest BCUT2D eigenvalue weighted by molar-refractivity contribution is 8.00. The molecule has 3 aromatic carbocycles. The summed E-state index contributed by atoms with van der Waals surface area (Å²) in [5.41, 5.74) is 2.51. The third kappa shape index (κ3) is 3.92. The maximum atomic E-state index is 13.8. The molecule has 5 aromatic rings. The van der Waals surface area contributed by atoms with E-state index in [4.69, 9.17) is 0 Å². The standard InChI is InChI=1S/C24H16F2N4OS/c25-16-8-9-20(19(26)12-16)28-23(31)14-32-24-22-13-21(29-30(22)11-10-27-24)18-7-3-5-15-4-1-2-6-17(15)18/h1-13H,14H2,(H,28,31). The second-order valence-corrected chi connectivity index (χ2v) is 8.04. The van der Waals surface area contributed by atoms with Crippen molar-refractivity contribution >= 4 is 39.6 Å². The molecule has 0 fully saturated rings. The number of benzene rings is 3. The highest BCUT2D eigenvalue weighted by Gasteiger charge is 2.14. The topological polar surface area (TPSA) is 59.3 Å². The molecule has 0 radical (unpaired) electrons. The Morgan fingerprint density at radius 1 is 1.03 bits per heavy atom. The highest BCUT2D eigenvalue weighted by atomic mass is 32.2. The largest absolute Gasteiger partial charge is 0.323 e. The van der Waals surface area contributed by atoms with Gasteiger partial charge in [-0.3, -0.25) is 4.79 Å². The van der Waals surface area contributed by atoms with E-state index in [2.05, 4.69) is 33.6 Å². The van der Waals surface area contributed by atoms with Gasteiger partial charge in [-0.05, 0) is 29.0 Å². The van der Waals surface area contributed by atoms with E-state index in [1.807, 2.05) is 30.3 Å². The van der Waals surface area contributed by atoms with Gasteiger partial charge in [0.25, 0.3) is 0 Å². The number of aromatic nitrogens is 3. The molecular weight excluding hydrogens is 430 g/mol. The number of rotatable bonds is 5. The minimum absolute atomic E-state index is 0.0122. The van der Waals surface area contributed by atoms with Crippen LogP contribution >= 0.6 is 11.8 Å². The Bertz CT molecular complexity index is 1460. The van der Waals surface area contributed by atoms with Crippen LogP contribution in [0.25, 0.3) is 27.5 Å². The molecule has 5 nitrogen and oxygen atoms in total. The molecule has 0 aliphatic rings. The fourth-order valence-corrected chi connectivity index (χ4v) is 4.28. The third-order valence-electron chi connectivity index (χ3n) is 4.97. The first-order chi connectivity index (χ1) is 15.6. The summed E-state index contributed by atoms with van der Waals surface area (Å²) in [5, 5.41) is 9.99. The average Bonchev–Trinajstić information content (AvgIpc) is 3.24. The second kappa shape index (κ2) is 8.39. The Balaban J connectivity index is 1.39. The molecule has 0 aliphatic carbocycles. The van der Waals surface area contributed by atoms with Crippen molar-refractivity contribution in [1.82, 2.24) is 14.6 Å². The van der Waals surface area contributed by atoms with Crippen molar-refractivity contribution in [1.29, 1.82) is 0 Å². The minimum atomic E-state index is -0.820. The van der Waals surface area contributed by atoms with Gasteiger partial charge in [-0.25, -0.2) is 18.3 Å². The summed E-state index contributed by atoms with van der Waals surface area (Å²) in [7, 11) is 0. The van der Waals surface area contributed by atoms with Crippen molar-refractivity contribution in [3.05, 3.63) is 90.8 Å². The lowest BCUT2D eigenvalue weighted by Crippen LogP contribution is -2.15. The molecule has 1 amide bonds. The van der Waals surface area contributed by atoms with Crippen LogP contribution in [0, 0.1) is 11.6 Å². The molecule has 0 aliphatic heterocycles. The molecule has 0 saturated heterocycles. The molecule has 2 heterocycles. The van der Waals surface area contributed by atoms with Crippen molar-refractivity contribution in [3.63, 3.8) is 0 Å². The minimum Gasteiger partial charge on any atom is -0.323 e. The van der Waals surface area contributed by atoms with Gasteiger partial charge in [-0.2, -0.15) is 5.10 Å². The van der Waals surface area contributed by atoms with Crippen LogP contribution in [0.2, 0.25) is 0 Å². The van der Waals surface area contributed by atoms with E-state index in [9.17, 15) is 13.6 Å². The Hall–Kier alpha value is -3.78. The van der Waals surface area contributed by atoms with E-state index in [-0.39, 0.29) is 11.4 Å². The maximum Gasteiger partial charge on any atom is 0.234 e. The second-order valence-electron chi connectivity index (χ2n) is 7.08. The Labute approximate surface area is 186 Å². The molecule has 1 N–H and O–H groups in total. The normalized spacial score (nSPS) is 11.2. The van der Waals surface area contributed by atoms with Crippen LogP contribution in [0.4, 0.5) is 14.5 Å². The molecule has 0 saturated carbocycles. The Morgan fingerprint density at radius 3 is 2.75 bits per heavy atom. The van der Waals surface area contributed by atoms with Crippen LogP contribution < -0.4 is 5.32 Å². The SMILES string of the molecule is O=C(CSc1nccn2nc(-c3cccc4ccccc34)cc12)Nc1ccc(F)cc1F. The predicted molar refractivity (Wildman–Crippen MR) is 122 cm³/mol. The van der Waals surface area contributed by atoms with Gasteiger partial charge in [0, 0.05) is 24.0 Å². The quantitative estimate of drug-likeness (QED) is 0.359. The molecule has 0 atom stereocenters. The lowest BCUT2D eigenvalue weighted by Gasteiger charge is -2.06. The van der Waals surface area contributed by atoms with Crippen LogP contribution in [0.1, 0.15) is 0 Å². The Morgan fingerprint density at radius 2 is 1.88 bits per heavy atom. The number of halogens is 2. The maximum absolute atomic E-state index is 13.8. The summed E-state index contributed by atoms with van der Waals surface area (Å²) in [4.78, 5) is 16.7. The molecule has 2 aromatic heterocycles. The number of hydrogen-bond acceptors (Lipinski definition) is 4. The summed E-state index contributed by atoms with van der Waals surface area (Å²) in [6.07, 6.45) is 3.37. The first kappa shape index (κ1) is 20.1. The van der Waals surface area contributed by atoms with Gasteiger partial charge in [0.05, 0.1) is 22.7 Å². The molecule has 0 bridgehead atoms. The summed E-state index contributed by atoms with van der Waals surface area (Å²) in [6.45, 7) is 0. The van der Waals surface area contributed by atoms with Crippen LogP contribution in [0.3, 0.4) is 0 Å². The molecule has 158 valence electrons. The van der Waals surface area contributed by atoms with Gasteiger partial charge in [-0.1, -0.05) is 54.2 Å². The van der Waals surface area contributed by atoms with Gasteiger partial charge in [0.15, 0.2) is 0 Å². The molecule has 32 heavy (non-hydrogen) atoms. The zero-order chi connectivity index (χ0) is 22.1. The van der Waals surface area contributed by atoms with Gasteiger partial charge in [0.2, 0.25) is 5.91 Å². The van der Waals surface area contributed by atoms with Gasteiger partial charge in [-0.15, -0.1) is 0 Å². The highest BCUT2D eigenvalue weighted by Crippen LogP contribution is 2.30. The number of carbonyl (C=O) groups excluding carboxylic acids is 1. The van der Waals surface area contributed by atoms with Crippen LogP contribution in [-0.4, -0.2) is 26.3 Å². The summed E-state index contributed by atoms with van der Waals surface area (Å²) in [6, 6.07) is 19.1. The van der Waals surface area contributed by atoms with Crippen molar-refractivity contribution in [3.8, 4) is 11.3 Å². The number of nitrogens with one attached hydrogen (secondary N) is 1. The van der Waals surface area contributed by atoms with E-state index in [1.165, 1.54) is 17.8 Å². The fraction of sp³-hybridized carbons (Fsp3) is 0.0417. The van der Waals surface area contributed by atoms with E-state index < -0.39 is 17.5 Å². The fourth-order valence-electron chi connectivity index (χ4n) is 3.50. The summed E-state index contributed by atoms with van der Waals surface area (Å²) >= 11 is 1.22. The first-order valence-electron chi connectivity index (χ1n) is 9.79. The number of carbonyl (C=O) groups is 1. The molecular formula is C24H16F2N4OS. The average molecular weight is 446 g/mol. The summed E-state index contributed by atoms with van der Waals surface area (Å²) in [5.74, 6) is -1.93. The lowest BCUT2D eigenvalue weighted by molar-refractivity contribution is -0.113. The van der Waals surface area contributed by atoms with E-state index in [0.717, 1.165) is 39.7 Å². The van der Waals surface area contributed by atoms with Crippen LogP contribution in [0.15, 0.2) is 84.1 Å².